The minimum absolute atomic E-state index is 0.152. The van der Waals surface area contributed by atoms with Gasteiger partial charge in [0.25, 0.3) is 5.91 Å². The highest BCUT2D eigenvalue weighted by atomic mass is 16.2. The Morgan fingerprint density at radius 3 is 2.86 bits per heavy atom. The zero-order valence-corrected chi connectivity index (χ0v) is 12.4. The molecule has 0 aromatic carbocycles. The second-order valence-corrected chi connectivity index (χ2v) is 4.95. The van der Waals surface area contributed by atoms with Crippen molar-refractivity contribution in [3.63, 3.8) is 0 Å². The third-order valence-electron chi connectivity index (χ3n) is 3.24. The average molecular weight is 296 g/mol. The predicted molar refractivity (Wildman–Crippen MR) is 80.5 cm³/mol. The van der Waals surface area contributed by atoms with Crippen molar-refractivity contribution < 1.29 is 4.79 Å². The second kappa shape index (κ2) is 5.80. The molecule has 0 atom stereocenters. The van der Waals surface area contributed by atoms with Gasteiger partial charge in [-0.15, -0.1) is 0 Å². The van der Waals surface area contributed by atoms with E-state index in [1.165, 1.54) is 0 Å². The van der Waals surface area contributed by atoms with E-state index in [2.05, 4.69) is 20.5 Å². The molecule has 112 valence electrons. The summed E-state index contributed by atoms with van der Waals surface area (Å²) in [5, 5.41) is 11.2. The van der Waals surface area contributed by atoms with Crippen LogP contribution in [0.1, 0.15) is 21.7 Å². The molecule has 0 saturated heterocycles. The molecule has 0 aliphatic carbocycles. The smallest absolute Gasteiger partial charge is 0.269 e. The van der Waals surface area contributed by atoms with Gasteiger partial charge in [0, 0.05) is 32.2 Å². The number of rotatable bonds is 4. The average Bonchev–Trinajstić information content (AvgIpc) is 3.15. The van der Waals surface area contributed by atoms with E-state index in [1.807, 2.05) is 31.3 Å². The van der Waals surface area contributed by atoms with Gasteiger partial charge in [0.15, 0.2) is 5.82 Å². The van der Waals surface area contributed by atoms with Gasteiger partial charge >= 0.3 is 0 Å². The SMILES string of the molecule is Cc1cc(C(=O)NCc2ccnc(-n3cccn3)c2)n(C)n1. The second-order valence-electron chi connectivity index (χ2n) is 4.95. The number of aryl methyl sites for hydroxylation is 2. The maximum Gasteiger partial charge on any atom is 0.269 e. The molecular formula is C15H16N6O. The first kappa shape index (κ1) is 14.0. The van der Waals surface area contributed by atoms with Crippen LogP contribution < -0.4 is 5.32 Å². The maximum absolute atomic E-state index is 12.2. The molecule has 0 radical (unpaired) electrons. The fourth-order valence-electron chi connectivity index (χ4n) is 2.20. The minimum atomic E-state index is -0.152. The molecule has 3 heterocycles. The summed E-state index contributed by atoms with van der Waals surface area (Å²) in [6.07, 6.45) is 5.22. The lowest BCUT2D eigenvalue weighted by Gasteiger charge is -2.07. The van der Waals surface area contributed by atoms with Crippen LogP contribution in [0.3, 0.4) is 0 Å². The summed E-state index contributed by atoms with van der Waals surface area (Å²) in [6.45, 7) is 2.27. The van der Waals surface area contributed by atoms with Crippen LogP contribution >= 0.6 is 0 Å². The topological polar surface area (TPSA) is 77.6 Å². The zero-order valence-electron chi connectivity index (χ0n) is 12.4. The summed E-state index contributed by atoms with van der Waals surface area (Å²) in [5.74, 6) is 0.564. The summed E-state index contributed by atoms with van der Waals surface area (Å²) < 4.78 is 3.25. The number of aromatic nitrogens is 5. The van der Waals surface area contributed by atoms with Crippen molar-refractivity contribution in [1.82, 2.24) is 29.9 Å². The zero-order chi connectivity index (χ0) is 15.5. The van der Waals surface area contributed by atoms with Crippen LogP contribution in [0.25, 0.3) is 5.82 Å². The van der Waals surface area contributed by atoms with Gasteiger partial charge in [-0.2, -0.15) is 10.2 Å². The fraction of sp³-hybridized carbons (Fsp3) is 0.200. The van der Waals surface area contributed by atoms with Crippen molar-refractivity contribution in [2.75, 3.05) is 0 Å². The molecule has 0 saturated carbocycles. The standard InChI is InChI=1S/C15H16N6O/c1-11-8-13(20(2)19-11)15(22)17-10-12-4-6-16-14(9-12)21-7-3-5-18-21/h3-9H,10H2,1-2H3,(H,17,22). The summed E-state index contributed by atoms with van der Waals surface area (Å²) >= 11 is 0. The van der Waals surface area contributed by atoms with Crippen LogP contribution in [-0.2, 0) is 13.6 Å². The minimum Gasteiger partial charge on any atom is -0.347 e. The Labute approximate surface area is 127 Å². The first-order valence-electron chi connectivity index (χ1n) is 6.87. The van der Waals surface area contributed by atoms with Crippen molar-refractivity contribution in [2.45, 2.75) is 13.5 Å². The highest BCUT2D eigenvalue weighted by molar-refractivity contribution is 5.92. The molecule has 0 unspecified atom stereocenters. The van der Waals surface area contributed by atoms with Gasteiger partial charge in [0.2, 0.25) is 0 Å². The van der Waals surface area contributed by atoms with Crippen molar-refractivity contribution in [1.29, 1.82) is 0 Å². The molecule has 3 aromatic rings. The van der Waals surface area contributed by atoms with Crippen LogP contribution in [0.5, 0.6) is 0 Å². The quantitative estimate of drug-likeness (QED) is 0.785. The molecule has 7 nitrogen and oxygen atoms in total. The first-order chi connectivity index (χ1) is 10.6. The van der Waals surface area contributed by atoms with E-state index in [0.717, 1.165) is 11.3 Å². The van der Waals surface area contributed by atoms with E-state index in [1.54, 1.807) is 34.9 Å². The lowest BCUT2D eigenvalue weighted by molar-refractivity contribution is 0.0941. The van der Waals surface area contributed by atoms with Crippen LogP contribution in [-0.4, -0.2) is 30.5 Å². The fourth-order valence-corrected chi connectivity index (χ4v) is 2.20. The van der Waals surface area contributed by atoms with Gasteiger partial charge < -0.3 is 5.32 Å². The van der Waals surface area contributed by atoms with E-state index in [4.69, 9.17) is 0 Å². The van der Waals surface area contributed by atoms with Crippen LogP contribution in [0.2, 0.25) is 0 Å². The molecule has 0 aliphatic heterocycles. The number of amides is 1. The molecule has 3 aromatic heterocycles. The van der Waals surface area contributed by atoms with Gasteiger partial charge in [0.05, 0.1) is 5.69 Å². The van der Waals surface area contributed by atoms with E-state index in [9.17, 15) is 4.79 Å². The summed E-state index contributed by atoms with van der Waals surface area (Å²) in [4.78, 5) is 16.4. The van der Waals surface area contributed by atoms with Crippen LogP contribution in [0.4, 0.5) is 0 Å². The van der Waals surface area contributed by atoms with E-state index >= 15 is 0 Å². The van der Waals surface area contributed by atoms with Crippen molar-refractivity contribution in [2.24, 2.45) is 7.05 Å². The Kier molecular flexibility index (Phi) is 3.69. The Balaban J connectivity index is 1.70. The van der Waals surface area contributed by atoms with E-state index in [-0.39, 0.29) is 5.91 Å². The molecule has 1 N–H and O–H groups in total. The van der Waals surface area contributed by atoms with Gasteiger partial charge in [-0.1, -0.05) is 0 Å². The van der Waals surface area contributed by atoms with Crippen LogP contribution in [0.15, 0.2) is 42.9 Å². The third-order valence-corrected chi connectivity index (χ3v) is 3.24. The molecule has 1 amide bonds. The lowest BCUT2D eigenvalue weighted by atomic mass is 10.2. The highest BCUT2D eigenvalue weighted by Crippen LogP contribution is 2.07. The number of hydrogen-bond donors (Lipinski definition) is 1. The molecule has 0 aliphatic rings. The number of nitrogens with zero attached hydrogens (tertiary/aromatic N) is 5. The molecular weight excluding hydrogens is 280 g/mol. The van der Waals surface area contributed by atoms with Crippen LogP contribution in [0, 0.1) is 6.92 Å². The summed E-state index contributed by atoms with van der Waals surface area (Å²) in [7, 11) is 1.75. The van der Waals surface area contributed by atoms with Crippen molar-refractivity contribution >= 4 is 5.91 Å². The van der Waals surface area contributed by atoms with Crippen molar-refractivity contribution in [3.8, 4) is 5.82 Å². The highest BCUT2D eigenvalue weighted by Gasteiger charge is 2.11. The Bertz CT molecular complexity index is 790. The predicted octanol–water partition coefficient (Wildman–Crippen LogP) is 1.24. The molecule has 7 heteroatoms. The van der Waals surface area contributed by atoms with Gasteiger partial charge in [-0.05, 0) is 36.8 Å². The normalized spacial score (nSPS) is 10.6. The summed E-state index contributed by atoms with van der Waals surface area (Å²) in [5.41, 5.74) is 2.31. The number of carbonyl (C=O) groups excluding carboxylic acids is 1. The van der Waals surface area contributed by atoms with E-state index < -0.39 is 0 Å². The summed E-state index contributed by atoms with van der Waals surface area (Å²) in [6, 6.07) is 7.35. The van der Waals surface area contributed by atoms with Crippen molar-refractivity contribution in [3.05, 3.63) is 59.8 Å². The number of nitrogens with one attached hydrogen (secondary N) is 1. The number of hydrogen-bond acceptors (Lipinski definition) is 4. The molecule has 0 fully saturated rings. The first-order valence-corrected chi connectivity index (χ1v) is 6.87. The Hall–Kier alpha value is -2.96. The largest absolute Gasteiger partial charge is 0.347 e. The van der Waals surface area contributed by atoms with Gasteiger partial charge in [-0.3, -0.25) is 9.48 Å². The molecule has 0 bridgehead atoms. The lowest BCUT2D eigenvalue weighted by Crippen LogP contribution is -2.25. The third kappa shape index (κ3) is 2.88. The van der Waals surface area contributed by atoms with Gasteiger partial charge in [-0.25, -0.2) is 9.67 Å². The van der Waals surface area contributed by atoms with Gasteiger partial charge in [0.1, 0.15) is 5.69 Å². The maximum atomic E-state index is 12.2. The molecule has 22 heavy (non-hydrogen) atoms. The molecule has 3 rings (SSSR count). The number of carbonyl (C=O) groups is 1. The monoisotopic (exact) mass is 296 g/mol. The Morgan fingerprint density at radius 2 is 2.18 bits per heavy atom. The van der Waals surface area contributed by atoms with E-state index in [0.29, 0.717) is 18.1 Å². The number of pyridine rings is 1. The molecule has 0 spiro atoms. The Morgan fingerprint density at radius 1 is 1.32 bits per heavy atom.